The third kappa shape index (κ3) is 2.20. The Hall–Kier alpha value is -2.68. The van der Waals surface area contributed by atoms with Gasteiger partial charge in [0, 0.05) is 35.0 Å². The maximum absolute atomic E-state index is 4.74. The van der Waals surface area contributed by atoms with Crippen LogP contribution in [0, 0.1) is 20.8 Å². The number of fused-ring (bicyclic) bond motifs is 2. The fourth-order valence-corrected chi connectivity index (χ4v) is 3.20. The highest BCUT2D eigenvalue weighted by molar-refractivity contribution is 5.86. The highest BCUT2D eigenvalue weighted by atomic mass is 15.0. The number of aromatic nitrogens is 3. The van der Waals surface area contributed by atoms with Crippen molar-refractivity contribution in [1.29, 1.82) is 0 Å². The predicted octanol–water partition coefficient (Wildman–Crippen LogP) is 3.90. The molecule has 0 aliphatic carbocycles. The van der Waals surface area contributed by atoms with Crippen LogP contribution in [0.2, 0.25) is 0 Å². The molecule has 0 radical (unpaired) electrons. The summed E-state index contributed by atoms with van der Waals surface area (Å²) in [5.74, 6) is 0. The van der Waals surface area contributed by atoms with Crippen molar-refractivity contribution >= 4 is 16.6 Å². The average molecular weight is 302 g/mol. The van der Waals surface area contributed by atoms with Crippen molar-refractivity contribution in [2.45, 2.75) is 20.8 Å². The van der Waals surface area contributed by atoms with E-state index in [1.165, 1.54) is 27.9 Å². The van der Waals surface area contributed by atoms with E-state index in [1.807, 2.05) is 18.3 Å². The number of hydrogen-bond donors (Lipinski definition) is 0. The molecule has 0 spiro atoms. The van der Waals surface area contributed by atoms with Crippen molar-refractivity contribution in [2.75, 3.05) is 0 Å². The second kappa shape index (κ2) is 4.92. The van der Waals surface area contributed by atoms with Crippen LogP contribution < -0.4 is 4.57 Å². The summed E-state index contributed by atoms with van der Waals surface area (Å²) in [4.78, 5) is 4.74. The van der Waals surface area contributed by atoms with Crippen LogP contribution in [0.4, 0.5) is 0 Å². The van der Waals surface area contributed by atoms with Crippen LogP contribution in [-0.2, 0) is 7.05 Å². The molecule has 1 aromatic carbocycles. The van der Waals surface area contributed by atoms with E-state index in [9.17, 15) is 0 Å². The van der Waals surface area contributed by atoms with Crippen LogP contribution in [0.1, 0.15) is 16.7 Å². The van der Waals surface area contributed by atoms with Gasteiger partial charge in [-0.15, -0.1) is 0 Å². The molecule has 0 saturated heterocycles. The quantitative estimate of drug-likeness (QED) is 0.489. The standard InChI is InChI=1S/C20H20N3/c1-13-9-19(22(4)11-15(13)3)17-10-16-12-23-7-5-6-20(23)21-18(16)8-14(17)2/h5-12H,1-4H3/q+1. The number of aryl methyl sites for hydroxylation is 4. The van der Waals surface area contributed by atoms with E-state index in [0.717, 1.165) is 16.6 Å². The van der Waals surface area contributed by atoms with Gasteiger partial charge in [0.25, 0.3) is 0 Å². The lowest BCUT2D eigenvalue weighted by Gasteiger charge is -2.09. The zero-order valence-electron chi connectivity index (χ0n) is 14.0. The molecule has 23 heavy (non-hydrogen) atoms. The van der Waals surface area contributed by atoms with Crippen molar-refractivity contribution in [1.82, 2.24) is 9.38 Å². The Kier molecular flexibility index (Phi) is 2.98. The molecule has 0 aliphatic heterocycles. The van der Waals surface area contributed by atoms with Gasteiger partial charge in [-0.1, -0.05) is 0 Å². The summed E-state index contributed by atoms with van der Waals surface area (Å²) in [6.45, 7) is 6.48. The number of hydrogen-bond acceptors (Lipinski definition) is 1. The Labute approximate surface area is 135 Å². The average Bonchev–Trinajstić information content (AvgIpc) is 2.95. The van der Waals surface area contributed by atoms with E-state index in [1.54, 1.807) is 0 Å². The fourth-order valence-electron chi connectivity index (χ4n) is 3.20. The minimum Gasteiger partial charge on any atom is -0.308 e. The summed E-state index contributed by atoms with van der Waals surface area (Å²) in [5, 5.41) is 1.16. The summed E-state index contributed by atoms with van der Waals surface area (Å²) in [6, 6.07) is 10.8. The van der Waals surface area contributed by atoms with Gasteiger partial charge in [0.2, 0.25) is 5.69 Å². The molecule has 0 amide bonds. The third-order valence-corrected chi connectivity index (χ3v) is 4.66. The van der Waals surface area contributed by atoms with Crippen LogP contribution in [0.25, 0.3) is 27.8 Å². The molecule has 3 nitrogen and oxygen atoms in total. The van der Waals surface area contributed by atoms with E-state index in [-0.39, 0.29) is 0 Å². The second-order valence-electron chi connectivity index (χ2n) is 6.38. The van der Waals surface area contributed by atoms with Crippen LogP contribution in [0.3, 0.4) is 0 Å². The van der Waals surface area contributed by atoms with Gasteiger partial charge in [0.1, 0.15) is 12.7 Å². The van der Waals surface area contributed by atoms with Gasteiger partial charge >= 0.3 is 0 Å². The molecule has 0 saturated carbocycles. The van der Waals surface area contributed by atoms with Gasteiger partial charge < -0.3 is 4.40 Å². The lowest BCUT2D eigenvalue weighted by Crippen LogP contribution is -2.31. The molecular weight excluding hydrogens is 282 g/mol. The Bertz CT molecular complexity index is 1060. The minimum absolute atomic E-state index is 0.987. The SMILES string of the molecule is Cc1cc(-c2cc3cn4cccc4nc3cc2C)[n+](C)cc1C. The first-order valence-electron chi connectivity index (χ1n) is 7.88. The Balaban J connectivity index is 2.01. The largest absolute Gasteiger partial charge is 0.308 e. The molecule has 0 aliphatic rings. The number of nitrogens with zero attached hydrogens (tertiary/aromatic N) is 3. The van der Waals surface area contributed by atoms with Crippen molar-refractivity contribution in [2.24, 2.45) is 7.05 Å². The molecule has 0 atom stereocenters. The number of rotatable bonds is 1. The van der Waals surface area contributed by atoms with Crippen LogP contribution in [0.5, 0.6) is 0 Å². The van der Waals surface area contributed by atoms with Crippen molar-refractivity contribution in [3.63, 3.8) is 0 Å². The molecule has 3 aromatic heterocycles. The summed E-state index contributed by atoms with van der Waals surface area (Å²) < 4.78 is 4.28. The van der Waals surface area contributed by atoms with E-state index < -0.39 is 0 Å². The van der Waals surface area contributed by atoms with Crippen molar-refractivity contribution in [3.8, 4) is 11.3 Å². The van der Waals surface area contributed by atoms with Gasteiger partial charge in [0.15, 0.2) is 6.20 Å². The van der Waals surface area contributed by atoms with Crippen LogP contribution >= 0.6 is 0 Å². The van der Waals surface area contributed by atoms with Gasteiger partial charge in [-0.25, -0.2) is 9.55 Å². The first-order chi connectivity index (χ1) is 11.0. The summed E-state index contributed by atoms with van der Waals surface area (Å²) in [6.07, 6.45) is 6.39. The molecule has 0 N–H and O–H groups in total. The first-order valence-corrected chi connectivity index (χ1v) is 7.88. The molecule has 3 heterocycles. The normalized spacial score (nSPS) is 11.5. The van der Waals surface area contributed by atoms with Crippen LogP contribution in [-0.4, -0.2) is 9.38 Å². The van der Waals surface area contributed by atoms with Gasteiger partial charge in [-0.05, 0) is 56.2 Å². The molecule has 4 aromatic rings. The molecule has 0 bridgehead atoms. The predicted molar refractivity (Wildman–Crippen MR) is 93.5 cm³/mol. The van der Waals surface area contributed by atoms with E-state index in [2.05, 4.69) is 67.4 Å². The molecule has 0 unspecified atom stereocenters. The molecule has 114 valence electrons. The minimum atomic E-state index is 0.987. The monoisotopic (exact) mass is 302 g/mol. The molecule has 4 rings (SSSR count). The lowest BCUT2D eigenvalue weighted by molar-refractivity contribution is -0.660. The maximum Gasteiger partial charge on any atom is 0.212 e. The number of benzene rings is 1. The summed E-state index contributed by atoms with van der Waals surface area (Å²) in [7, 11) is 2.11. The van der Waals surface area contributed by atoms with E-state index >= 15 is 0 Å². The highest BCUT2D eigenvalue weighted by Crippen LogP contribution is 2.27. The van der Waals surface area contributed by atoms with Gasteiger partial charge in [-0.2, -0.15) is 0 Å². The van der Waals surface area contributed by atoms with Gasteiger partial charge in [0.05, 0.1) is 5.52 Å². The van der Waals surface area contributed by atoms with Crippen molar-refractivity contribution < 1.29 is 4.57 Å². The fraction of sp³-hybridized carbons (Fsp3) is 0.200. The maximum atomic E-state index is 4.74. The van der Waals surface area contributed by atoms with E-state index in [4.69, 9.17) is 4.98 Å². The first kappa shape index (κ1) is 13.9. The van der Waals surface area contributed by atoms with Gasteiger partial charge in [-0.3, -0.25) is 0 Å². The lowest BCUT2D eigenvalue weighted by atomic mass is 10.00. The summed E-state index contributed by atoms with van der Waals surface area (Å²) >= 11 is 0. The third-order valence-electron chi connectivity index (χ3n) is 4.66. The molecule has 3 heteroatoms. The highest BCUT2D eigenvalue weighted by Gasteiger charge is 2.15. The summed E-state index contributed by atoms with van der Waals surface area (Å²) in [5.41, 5.74) is 8.41. The van der Waals surface area contributed by atoms with Crippen LogP contribution in [0.15, 0.2) is 48.9 Å². The zero-order chi connectivity index (χ0) is 16.1. The molecule has 0 fully saturated rings. The molecular formula is C20H20N3+. The topological polar surface area (TPSA) is 21.2 Å². The Morgan fingerprint density at radius 1 is 1.00 bits per heavy atom. The number of pyridine rings is 1. The van der Waals surface area contributed by atoms with Crippen molar-refractivity contribution in [3.05, 3.63) is 65.6 Å². The second-order valence-corrected chi connectivity index (χ2v) is 6.38. The Morgan fingerprint density at radius 3 is 2.65 bits per heavy atom. The smallest absolute Gasteiger partial charge is 0.212 e. The Morgan fingerprint density at radius 2 is 1.83 bits per heavy atom. The zero-order valence-corrected chi connectivity index (χ0v) is 14.0. The van der Waals surface area contributed by atoms with E-state index in [0.29, 0.717) is 0 Å².